The van der Waals surface area contributed by atoms with E-state index in [2.05, 4.69) is 4.98 Å². The van der Waals surface area contributed by atoms with Crippen molar-refractivity contribution < 1.29 is 19.0 Å². The number of methoxy groups -OCH3 is 3. The molecule has 5 nitrogen and oxygen atoms in total. The summed E-state index contributed by atoms with van der Waals surface area (Å²) < 4.78 is 15.5. The average molecular weight is 223 g/mol. The Morgan fingerprint density at radius 3 is 2.44 bits per heavy atom. The molecule has 0 radical (unpaired) electrons. The highest BCUT2D eigenvalue weighted by atomic mass is 16.7. The average Bonchev–Trinajstić information content (AvgIpc) is 2.77. The van der Waals surface area contributed by atoms with Crippen LogP contribution in [0.1, 0.15) is 15.9 Å². The Kier molecular flexibility index (Phi) is 2.57. The van der Waals surface area contributed by atoms with Crippen LogP contribution in [0.4, 0.5) is 0 Å². The van der Waals surface area contributed by atoms with Crippen LogP contribution >= 0.6 is 0 Å². The third-order valence-corrected chi connectivity index (χ3v) is 2.73. The number of hydrogen-bond donors (Lipinski definition) is 1. The Hall–Kier alpha value is -1.59. The summed E-state index contributed by atoms with van der Waals surface area (Å²) in [6.07, 6.45) is 5.06. The van der Waals surface area contributed by atoms with Crippen molar-refractivity contribution in [3.8, 4) is 0 Å². The number of aromatic amines is 1. The van der Waals surface area contributed by atoms with E-state index in [1.165, 1.54) is 21.3 Å². The zero-order valence-electron chi connectivity index (χ0n) is 9.37. The molecule has 1 aliphatic rings. The fourth-order valence-electron chi connectivity index (χ4n) is 1.88. The normalized spacial score (nSPS) is 17.9. The molecule has 0 amide bonds. The summed E-state index contributed by atoms with van der Waals surface area (Å²) in [6, 6.07) is 0. The number of ether oxygens (including phenoxy) is 3. The van der Waals surface area contributed by atoms with Crippen molar-refractivity contribution in [3.05, 3.63) is 29.3 Å². The lowest BCUT2D eigenvalue weighted by atomic mass is 9.93. The molecular formula is C11H13NO4. The lowest BCUT2D eigenvalue weighted by Gasteiger charge is -2.32. The lowest BCUT2D eigenvalue weighted by molar-refractivity contribution is -0.164. The van der Waals surface area contributed by atoms with Crippen LogP contribution in [-0.4, -0.2) is 37.9 Å². The van der Waals surface area contributed by atoms with Crippen molar-refractivity contribution in [1.82, 2.24) is 4.98 Å². The van der Waals surface area contributed by atoms with Crippen LogP contribution in [0.15, 0.2) is 18.2 Å². The van der Waals surface area contributed by atoms with Gasteiger partial charge in [-0.3, -0.25) is 4.79 Å². The first kappa shape index (κ1) is 10.9. The second-order valence-corrected chi connectivity index (χ2v) is 3.39. The van der Waals surface area contributed by atoms with E-state index in [1.807, 2.05) is 0 Å². The van der Waals surface area contributed by atoms with Gasteiger partial charge in [-0.1, -0.05) is 0 Å². The number of Topliss-reactive ketones (excluding diaryl/α,β-unsaturated/α-hetero) is 1. The maximum Gasteiger partial charge on any atom is 0.293 e. The predicted octanol–water partition coefficient (Wildman–Crippen LogP) is 1.19. The summed E-state index contributed by atoms with van der Waals surface area (Å²) in [4.78, 5) is 15.1. The van der Waals surface area contributed by atoms with Crippen molar-refractivity contribution in [3.63, 3.8) is 0 Å². The first-order valence-electron chi connectivity index (χ1n) is 4.77. The topological polar surface area (TPSA) is 60.6 Å². The summed E-state index contributed by atoms with van der Waals surface area (Å²) in [5.74, 6) is -1.40. The van der Waals surface area contributed by atoms with Gasteiger partial charge in [-0.25, -0.2) is 0 Å². The standard InChI is InChI=1S/C11H13NO4/c1-14-9-4-7-5-12-6-8(7)10(13)11(9,15-2)16-3/h4-6,12H,1-3H3. The summed E-state index contributed by atoms with van der Waals surface area (Å²) in [7, 11) is 4.29. The van der Waals surface area contributed by atoms with E-state index in [9.17, 15) is 4.79 Å². The highest BCUT2D eigenvalue weighted by Gasteiger charge is 2.48. The molecule has 0 fully saturated rings. The zero-order valence-corrected chi connectivity index (χ0v) is 9.37. The number of ketones is 1. The molecular weight excluding hydrogens is 210 g/mol. The minimum Gasteiger partial charge on any atom is -0.495 e. The number of rotatable bonds is 3. The van der Waals surface area contributed by atoms with Crippen molar-refractivity contribution in [2.75, 3.05) is 21.3 Å². The van der Waals surface area contributed by atoms with Gasteiger partial charge in [0.05, 0.1) is 7.11 Å². The summed E-state index contributed by atoms with van der Waals surface area (Å²) in [6.45, 7) is 0. The third-order valence-electron chi connectivity index (χ3n) is 2.73. The molecule has 0 atom stereocenters. The first-order chi connectivity index (χ1) is 7.69. The molecule has 0 unspecified atom stereocenters. The molecule has 0 saturated carbocycles. The van der Waals surface area contributed by atoms with Crippen LogP contribution in [0, 0.1) is 0 Å². The van der Waals surface area contributed by atoms with E-state index in [4.69, 9.17) is 14.2 Å². The summed E-state index contributed by atoms with van der Waals surface area (Å²) in [5.41, 5.74) is 1.30. The van der Waals surface area contributed by atoms with Crippen molar-refractivity contribution >= 4 is 11.9 Å². The number of carbonyl (C=O) groups excluding carboxylic acids is 1. The molecule has 86 valence electrons. The van der Waals surface area contributed by atoms with Crippen LogP contribution in [-0.2, 0) is 14.2 Å². The predicted molar refractivity (Wildman–Crippen MR) is 56.9 cm³/mol. The van der Waals surface area contributed by atoms with Gasteiger partial charge in [0.25, 0.3) is 5.79 Å². The lowest BCUT2D eigenvalue weighted by Crippen LogP contribution is -2.46. The van der Waals surface area contributed by atoms with Gasteiger partial charge in [0.1, 0.15) is 0 Å². The van der Waals surface area contributed by atoms with Gasteiger partial charge < -0.3 is 19.2 Å². The van der Waals surface area contributed by atoms with E-state index in [1.54, 1.807) is 18.5 Å². The number of fused-ring (bicyclic) bond motifs is 1. The van der Waals surface area contributed by atoms with Gasteiger partial charge in [-0.2, -0.15) is 0 Å². The quantitative estimate of drug-likeness (QED) is 0.782. The summed E-state index contributed by atoms with van der Waals surface area (Å²) in [5, 5.41) is 0. The Bertz CT molecular complexity index is 443. The van der Waals surface area contributed by atoms with Gasteiger partial charge in [0, 0.05) is 37.7 Å². The Labute approximate surface area is 93.0 Å². The molecule has 0 spiro atoms. The summed E-state index contributed by atoms with van der Waals surface area (Å²) >= 11 is 0. The first-order valence-corrected chi connectivity index (χ1v) is 4.77. The second-order valence-electron chi connectivity index (χ2n) is 3.39. The van der Waals surface area contributed by atoms with Gasteiger partial charge in [0.15, 0.2) is 5.76 Å². The third kappa shape index (κ3) is 1.22. The van der Waals surface area contributed by atoms with E-state index in [-0.39, 0.29) is 5.78 Å². The minimum atomic E-state index is -1.47. The molecule has 5 heteroatoms. The number of H-pyrrole nitrogens is 1. The molecule has 1 aliphatic carbocycles. The van der Waals surface area contributed by atoms with Crippen LogP contribution in [0.5, 0.6) is 0 Å². The van der Waals surface area contributed by atoms with Crippen molar-refractivity contribution in [2.24, 2.45) is 0 Å². The van der Waals surface area contributed by atoms with Crippen LogP contribution in [0.2, 0.25) is 0 Å². The highest BCUT2D eigenvalue weighted by Crippen LogP contribution is 2.35. The SMILES string of the molecule is COC1=Cc2c[nH]cc2C(=O)C1(OC)OC. The molecule has 1 aromatic heterocycles. The molecule has 1 aromatic rings. The van der Waals surface area contributed by atoms with Crippen LogP contribution in [0.25, 0.3) is 6.08 Å². The van der Waals surface area contributed by atoms with Gasteiger partial charge in [-0.05, 0) is 6.08 Å². The molecule has 0 aromatic carbocycles. The highest BCUT2D eigenvalue weighted by molar-refractivity contribution is 6.08. The molecule has 0 bridgehead atoms. The largest absolute Gasteiger partial charge is 0.495 e. The molecule has 1 heterocycles. The van der Waals surface area contributed by atoms with E-state index >= 15 is 0 Å². The molecule has 0 aliphatic heterocycles. The van der Waals surface area contributed by atoms with E-state index in [0.717, 1.165) is 5.56 Å². The maximum absolute atomic E-state index is 12.2. The zero-order chi connectivity index (χ0) is 11.8. The number of aromatic nitrogens is 1. The van der Waals surface area contributed by atoms with Crippen molar-refractivity contribution in [1.29, 1.82) is 0 Å². The number of carbonyl (C=O) groups is 1. The van der Waals surface area contributed by atoms with Gasteiger partial charge >= 0.3 is 0 Å². The van der Waals surface area contributed by atoms with E-state index in [0.29, 0.717) is 11.3 Å². The Balaban J connectivity index is 2.61. The molecule has 16 heavy (non-hydrogen) atoms. The molecule has 2 rings (SSSR count). The maximum atomic E-state index is 12.2. The smallest absolute Gasteiger partial charge is 0.293 e. The molecule has 0 saturated heterocycles. The van der Waals surface area contributed by atoms with Gasteiger partial charge in [-0.15, -0.1) is 0 Å². The van der Waals surface area contributed by atoms with E-state index < -0.39 is 5.79 Å². The molecule has 1 N–H and O–H groups in total. The van der Waals surface area contributed by atoms with Crippen molar-refractivity contribution in [2.45, 2.75) is 5.79 Å². The fourth-order valence-corrected chi connectivity index (χ4v) is 1.88. The Morgan fingerprint density at radius 2 is 1.88 bits per heavy atom. The number of hydrogen-bond acceptors (Lipinski definition) is 4. The number of nitrogens with one attached hydrogen (secondary N) is 1. The minimum absolute atomic E-state index is 0.270. The monoisotopic (exact) mass is 223 g/mol. The van der Waals surface area contributed by atoms with Crippen LogP contribution in [0.3, 0.4) is 0 Å². The second kappa shape index (κ2) is 3.77. The fraction of sp³-hybridized carbons (Fsp3) is 0.364. The van der Waals surface area contributed by atoms with Gasteiger partial charge in [0.2, 0.25) is 5.78 Å². The van der Waals surface area contributed by atoms with Crippen LogP contribution < -0.4 is 0 Å². The Morgan fingerprint density at radius 1 is 1.19 bits per heavy atom.